The number of hydrogen-bond donors (Lipinski definition) is 0. The van der Waals surface area contributed by atoms with E-state index in [9.17, 15) is 9.59 Å². The first-order chi connectivity index (χ1) is 15.6. The molecule has 32 heavy (non-hydrogen) atoms. The lowest BCUT2D eigenvalue weighted by Crippen LogP contribution is -2.07. The van der Waals surface area contributed by atoms with E-state index < -0.39 is 5.97 Å². The fourth-order valence-electron chi connectivity index (χ4n) is 3.37. The van der Waals surface area contributed by atoms with Crippen LogP contribution in [0.2, 0.25) is 0 Å². The van der Waals surface area contributed by atoms with Crippen molar-refractivity contribution in [2.45, 2.75) is 11.7 Å². The summed E-state index contributed by atoms with van der Waals surface area (Å²) in [6.45, 7) is 0.647. The minimum absolute atomic E-state index is 0.0395. The number of carbonyl (C=O) groups excluding carboxylic acids is 2. The molecule has 0 aliphatic carbocycles. The van der Waals surface area contributed by atoms with Gasteiger partial charge in [-0.3, -0.25) is 4.79 Å². The number of aromatic nitrogens is 2. The number of fused-ring (bicyclic) bond motifs is 1. The molecule has 7 heteroatoms. The van der Waals surface area contributed by atoms with Gasteiger partial charge in [-0.25, -0.2) is 9.78 Å². The van der Waals surface area contributed by atoms with Crippen LogP contribution in [0.4, 0.5) is 0 Å². The second-order valence-electron chi connectivity index (χ2n) is 7.10. The van der Waals surface area contributed by atoms with Gasteiger partial charge >= 0.3 is 5.97 Å². The molecule has 0 atom stereocenters. The SMILES string of the molecule is COC(=O)c1ccc(C(=O)CSc2nc3cc(OC)ccc3n2Cc2ccccc2)cc1. The maximum Gasteiger partial charge on any atom is 0.337 e. The monoisotopic (exact) mass is 446 g/mol. The van der Waals surface area contributed by atoms with E-state index in [-0.39, 0.29) is 11.5 Å². The van der Waals surface area contributed by atoms with Crippen LogP contribution in [-0.4, -0.2) is 41.3 Å². The van der Waals surface area contributed by atoms with E-state index in [0.717, 1.165) is 27.5 Å². The molecule has 6 nitrogen and oxygen atoms in total. The van der Waals surface area contributed by atoms with Crippen molar-refractivity contribution in [1.29, 1.82) is 0 Å². The second-order valence-corrected chi connectivity index (χ2v) is 8.04. The molecule has 0 bridgehead atoms. The van der Waals surface area contributed by atoms with Gasteiger partial charge in [0.05, 0.1) is 43.1 Å². The van der Waals surface area contributed by atoms with Crippen LogP contribution in [0.3, 0.4) is 0 Å². The van der Waals surface area contributed by atoms with Gasteiger partial charge in [-0.05, 0) is 29.8 Å². The van der Waals surface area contributed by atoms with Gasteiger partial charge in [-0.1, -0.05) is 54.2 Å². The summed E-state index contributed by atoms with van der Waals surface area (Å²) >= 11 is 1.39. The van der Waals surface area contributed by atoms with Crippen LogP contribution >= 0.6 is 11.8 Å². The quantitative estimate of drug-likeness (QED) is 0.219. The zero-order chi connectivity index (χ0) is 22.5. The Labute approximate surface area is 190 Å². The minimum Gasteiger partial charge on any atom is -0.497 e. The van der Waals surface area contributed by atoms with Crippen molar-refractivity contribution in [2.24, 2.45) is 0 Å². The Balaban J connectivity index is 1.58. The molecule has 0 fully saturated rings. The number of rotatable bonds is 8. The number of benzene rings is 3. The Bertz CT molecular complexity index is 1250. The standard InChI is InChI=1S/C25H22N2O4S/c1-30-20-12-13-22-21(14-20)26-25(27(22)15-17-6-4-3-5-7-17)32-16-23(28)18-8-10-19(11-9-18)24(29)31-2/h3-14H,15-16H2,1-2H3. The molecule has 0 aliphatic heterocycles. The zero-order valence-corrected chi connectivity index (χ0v) is 18.6. The number of Topliss-reactive ketones (excluding diaryl/α,β-unsaturated/α-hetero) is 1. The van der Waals surface area contributed by atoms with Gasteiger partial charge in [-0.15, -0.1) is 0 Å². The third-order valence-corrected chi connectivity index (χ3v) is 6.04. The Morgan fingerprint density at radius 1 is 0.938 bits per heavy atom. The fraction of sp³-hybridized carbons (Fsp3) is 0.160. The first-order valence-electron chi connectivity index (χ1n) is 10.0. The molecule has 162 valence electrons. The average Bonchev–Trinajstić information content (AvgIpc) is 3.19. The van der Waals surface area contributed by atoms with Crippen LogP contribution < -0.4 is 4.74 Å². The van der Waals surface area contributed by atoms with Gasteiger partial charge < -0.3 is 14.0 Å². The summed E-state index contributed by atoms with van der Waals surface area (Å²) in [6, 6.07) is 22.4. The maximum atomic E-state index is 12.8. The Hall–Kier alpha value is -3.58. The van der Waals surface area contributed by atoms with E-state index in [2.05, 4.69) is 16.7 Å². The first-order valence-corrected chi connectivity index (χ1v) is 11.0. The summed E-state index contributed by atoms with van der Waals surface area (Å²) in [6.07, 6.45) is 0. The van der Waals surface area contributed by atoms with E-state index in [4.69, 9.17) is 14.5 Å². The summed E-state index contributed by atoms with van der Waals surface area (Å²) in [5.74, 6) is 0.498. The van der Waals surface area contributed by atoms with E-state index in [1.807, 2.05) is 36.4 Å². The third-order valence-electron chi connectivity index (χ3n) is 5.06. The molecule has 0 saturated heterocycles. The van der Waals surface area contributed by atoms with Gasteiger partial charge in [0.25, 0.3) is 0 Å². The number of imidazole rings is 1. The van der Waals surface area contributed by atoms with Crippen LogP contribution in [0.5, 0.6) is 5.75 Å². The summed E-state index contributed by atoms with van der Waals surface area (Å²) in [4.78, 5) is 29.1. The Morgan fingerprint density at radius 2 is 1.66 bits per heavy atom. The van der Waals surface area contributed by atoms with E-state index in [1.54, 1.807) is 31.4 Å². The van der Waals surface area contributed by atoms with Crippen molar-refractivity contribution in [3.05, 3.63) is 89.5 Å². The molecular weight excluding hydrogens is 424 g/mol. The van der Waals surface area contributed by atoms with Gasteiger partial charge in [0, 0.05) is 11.6 Å². The fourth-order valence-corrected chi connectivity index (χ4v) is 4.28. The van der Waals surface area contributed by atoms with Crippen molar-refractivity contribution in [3.63, 3.8) is 0 Å². The predicted molar refractivity (Wildman–Crippen MR) is 125 cm³/mol. The molecule has 0 saturated carbocycles. The minimum atomic E-state index is -0.427. The van der Waals surface area contributed by atoms with E-state index in [0.29, 0.717) is 17.7 Å². The highest BCUT2D eigenvalue weighted by molar-refractivity contribution is 7.99. The highest BCUT2D eigenvalue weighted by Crippen LogP contribution is 2.28. The van der Waals surface area contributed by atoms with Crippen molar-refractivity contribution in [1.82, 2.24) is 9.55 Å². The molecule has 0 amide bonds. The van der Waals surface area contributed by atoms with E-state index >= 15 is 0 Å². The van der Waals surface area contributed by atoms with Gasteiger partial charge in [0.2, 0.25) is 0 Å². The van der Waals surface area contributed by atoms with Gasteiger partial charge in [0.15, 0.2) is 10.9 Å². The van der Waals surface area contributed by atoms with Crippen molar-refractivity contribution >= 4 is 34.5 Å². The summed E-state index contributed by atoms with van der Waals surface area (Å²) in [5, 5.41) is 0.761. The Kier molecular flexibility index (Phi) is 6.56. The maximum absolute atomic E-state index is 12.8. The Morgan fingerprint density at radius 3 is 2.34 bits per heavy atom. The predicted octanol–water partition coefficient (Wildman–Crippen LogP) is 4.85. The lowest BCUT2D eigenvalue weighted by atomic mass is 10.1. The molecule has 0 unspecified atom stereocenters. The van der Waals surface area contributed by atoms with Crippen LogP contribution in [0, 0.1) is 0 Å². The van der Waals surface area contributed by atoms with Gasteiger partial charge in [0.1, 0.15) is 5.75 Å². The molecule has 1 heterocycles. The summed E-state index contributed by atoms with van der Waals surface area (Å²) < 4.78 is 12.2. The number of methoxy groups -OCH3 is 2. The van der Waals surface area contributed by atoms with Crippen molar-refractivity contribution < 1.29 is 19.1 Å². The first kappa shape index (κ1) is 21.6. The number of ketones is 1. The van der Waals surface area contributed by atoms with Crippen molar-refractivity contribution in [2.75, 3.05) is 20.0 Å². The van der Waals surface area contributed by atoms with Crippen LogP contribution in [0.1, 0.15) is 26.3 Å². The molecule has 4 rings (SSSR count). The molecule has 0 radical (unpaired) electrons. The highest BCUT2D eigenvalue weighted by atomic mass is 32.2. The van der Waals surface area contributed by atoms with Crippen molar-refractivity contribution in [3.8, 4) is 5.75 Å². The van der Waals surface area contributed by atoms with E-state index in [1.165, 1.54) is 18.9 Å². The number of ether oxygens (including phenoxy) is 2. The zero-order valence-electron chi connectivity index (χ0n) is 17.8. The summed E-state index contributed by atoms with van der Waals surface area (Å²) in [5.41, 5.74) is 3.90. The molecule has 3 aromatic carbocycles. The normalized spacial score (nSPS) is 10.8. The largest absolute Gasteiger partial charge is 0.497 e. The molecule has 4 aromatic rings. The molecule has 0 N–H and O–H groups in total. The number of thioether (sulfide) groups is 1. The average molecular weight is 447 g/mol. The third kappa shape index (κ3) is 4.68. The number of esters is 1. The van der Waals surface area contributed by atoms with Gasteiger partial charge in [-0.2, -0.15) is 0 Å². The molecular formula is C25H22N2O4S. The topological polar surface area (TPSA) is 70.4 Å². The number of nitrogens with zero attached hydrogens (tertiary/aromatic N) is 2. The molecule has 1 aromatic heterocycles. The summed E-state index contributed by atoms with van der Waals surface area (Å²) in [7, 11) is 2.96. The molecule has 0 aliphatic rings. The van der Waals surface area contributed by atoms with Crippen LogP contribution in [0.15, 0.2) is 78.0 Å². The molecule has 0 spiro atoms. The highest BCUT2D eigenvalue weighted by Gasteiger charge is 2.16. The second kappa shape index (κ2) is 9.70. The van der Waals surface area contributed by atoms with Crippen LogP contribution in [-0.2, 0) is 11.3 Å². The lowest BCUT2D eigenvalue weighted by Gasteiger charge is -2.09. The van der Waals surface area contributed by atoms with Crippen LogP contribution in [0.25, 0.3) is 11.0 Å². The smallest absolute Gasteiger partial charge is 0.337 e. The number of hydrogen-bond acceptors (Lipinski definition) is 6. The lowest BCUT2D eigenvalue weighted by molar-refractivity contribution is 0.0600. The number of carbonyl (C=O) groups is 2.